The van der Waals surface area contributed by atoms with Crippen LogP contribution in [0.2, 0.25) is 0 Å². The van der Waals surface area contributed by atoms with Crippen LogP contribution in [0.25, 0.3) is 10.9 Å². The maximum absolute atomic E-state index is 12.9. The fraction of sp³-hybridized carbons (Fsp3) is 0.0909. The maximum Gasteiger partial charge on any atom is 0.586 e. The highest BCUT2D eigenvalue weighted by Crippen LogP contribution is 2.43. The van der Waals surface area contributed by atoms with Crippen LogP contribution >= 0.6 is 0 Å². The quantitative estimate of drug-likeness (QED) is 0.844. The third kappa shape index (κ3) is 1.52. The number of alkyl halides is 2. The Kier molecular flexibility index (Phi) is 1.95. The minimum atomic E-state index is -3.73. The van der Waals surface area contributed by atoms with E-state index in [1.807, 2.05) is 0 Å². The van der Waals surface area contributed by atoms with Gasteiger partial charge in [-0.2, -0.15) is 0 Å². The van der Waals surface area contributed by atoms with Gasteiger partial charge in [-0.3, -0.25) is 4.98 Å². The van der Waals surface area contributed by atoms with Gasteiger partial charge in [-0.1, -0.05) is 0 Å². The number of hydrogen-bond acceptors (Lipinski definition) is 4. The molecule has 18 heavy (non-hydrogen) atoms. The summed E-state index contributed by atoms with van der Waals surface area (Å²) in [5, 5.41) is 9.20. The van der Waals surface area contributed by atoms with E-state index in [9.17, 15) is 13.6 Å². The number of halogens is 2. The summed E-state index contributed by atoms with van der Waals surface area (Å²) < 4.78 is 34.3. The summed E-state index contributed by atoms with van der Waals surface area (Å²) in [6, 6.07) is 3.69. The average molecular weight is 253 g/mol. The molecule has 0 saturated carbocycles. The van der Waals surface area contributed by atoms with Crippen molar-refractivity contribution in [2.24, 2.45) is 0 Å². The van der Waals surface area contributed by atoms with E-state index in [4.69, 9.17) is 5.11 Å². The third-order valence-corrected chi connectivity index (χ3v) is 2.50. The number of carbonyl (C=O) groups is 1. The Bertz CT molecular complexity index is 671. The molecule has 0 unspecified atom stereocenters. The second-order valence-corrected chi connectivity index (χ2v) is 3.65. The summed E-state index contributed by atoms with van der Waals surface area (Å²) in [6.07, 6.45) is -2.45. The van der Waals surface area contributed by atoms with Gasteiger partial charge < -0.3 is 14.6 Å². The first-order chi connectivity index (χ1) is 8.46. The van der Waals surface area contributed by atoms with Crippen LogP contribution in [0.1, 0.15) is 10.4 Å². The molecule has 92 valence electrons. The fourth-order valence-electron chi connectivity index (χ4n) is 1.78. The summed E-state index contributed by atoms with van der Waals surface area (Å²) in [7, 11) is 0. The summed E-state index contributed by atoms with van der Waals surface area (Å²) in [5.74, 6) is -1.54. The van der Waals surface area contributed by atoms with Crippen molar-refractivity contribution in [3.63, 3.8) is 0 Å². The summed E-state index contributed by atoms with van der Waals surface area (Å²) in [6.45, 7) is 0. The molecule has 2 aromatic rings. The SMILES string of the molecule is O=C(O)c1ccnc2cc3c(cc12)OC(F)(F)O3. The molecule has 2 heterocycles. The van der Waals surface area contributed by atoms with Crippen molar-refractivity contribution < 1.29 is 28.2 Å². The minimum absolute atomic E-state index is 0.0402. The largest absolute Gasteiger partial charge is 0.586 e. The lowest BCUT2D eigenvalue weighted by Gasteiger charge is -2.04. The van der Waals surface area contributed by atoms with Crippen LogP contribution in [0.15, 0.2) is 24.4 Å². The van der Waals surface area contributed by atoms with Crippen LogP contribution < -0.4 is 9.47 Å². The summed E-state index contributed by atoms with van der Waals surface area (Å²) >= 11 is 0. The Labute approximate surface area is 98.6 Å². The number of carboxylic acids is 1. The van der Waals surface area contributed by atoms with Gasteiger partial charge in [0.25, 0.3) is 0 Å². The molecule has 7 heteroatoms. The van der Waals surface area contributed by atoms with Crippen LogP contribution in [0.3, 0.4) is 0 Å². The minimum Gasteiger partial charge on any atom is -0.478 e. The van der Waals surface area contributed by atoms with Gasteiger partial charge in [-0.25, -0.2) is 4.79 Å². The van der Waals surface area contributed by atoms with Gasteiger partial charge in [0, 0.05) is 17.6 Å². The lowest BCUT2D eigenvalue weighted by atomic mass is 10.1. The first-order valence-electron chi connectivity index (χ1n) is 4.88. The zero-order valence-corrected chi connectivity index (χ0v) is 8.68. The van der Waals surface area contributed by atoms with Crippen molar-refractivity contribution >= 4 is 16.9 Å². The molecule has 0 aliphatic carbocycles. The Morgan fingerprint density at radius 3 is 2.61 bits per heavy atom. The molecule has 1 aromatic heterocycles. The fourth-order valence-corrected chi connectivity index (χ4v) is 1.78. The molecule has 0 bridgehead atoms. The summed E-state index contributed by atoms with van der Waals surface area (Å²) in [4.78, 5) is 14.9. The lowest BCUT2D eigenvalue weighted by molar-refractivity contribution is -0.286. The smallest absolute Gasteiger partial charge is 0.478 e. The normalized spacial score (nSPS) is 15.9. The highest BCUT2D eigenvalue weighted by molar-refractivity contribution is 6.03. The number of rotatable bonds is 1. The Hall–Kier alpha value is -2.44. The number of ether oxygens (including phenoxy) is 2. The number of hydrogen-bond donors (Lipinski definition) is 1. The van der Waals surface area contributed by atoms with E-state index < -0.39 is 12.3 Å². The lowest BCUT2D eigenvalue weighted by Crippen LogP contribution is -2.25. The van der Waals surface area contributed by atoms with Gasteiger partial charge in [0.05, 0.1) is 11.1 Å². The van der Waals surface area contributed by atoms with Crippen molar-refractivity contribution in [1.29, 1.82) is 0 Å². The van der Waals surface area contributed by atoms with E-state index in [0.29, 0.717) is 0 Å². The maximum atomic E-state index is 12.9. The number of nitrogens with zero attached hydrogens (tertiary/aromatic N) is 1. The number of aromatic nitrogens is 1. The molecule has 0 radical (unpaired) electrons. The second kappa shape index (κ2) is 3.28. The van der Waals surface area contributed by atoms with E-state index in [1.54, 1.807) is 0 Å². The molecule has 3 rings (SSSR count). The molecule has 1 N–H and O–H groups in total. The van der Waals surface area contributed by atoms with E-state index in [-0.39, 0.29) is 28.0 Å². The molecule has 1 aromatic carbocycles. The molecule has 0 saturated heterocycles. The second-order valence-electron chi connectivity index (χ2n) is 3.65. The number of aromatic carboxylic acids is 1. The topological polar surface area (TPSA) is 68.7 Å². The molecular weight excluding hydrogens is 248 g/mol. The van der Waals surface area contributed by atoms with E-state index in [1.165, 1.54) is 24.4 Å². The molecule has 1 aliphatic heterocycles. The zero-order chi connectivity index (χ0) is 12.9. The van der Waals surface area contributed by atoms with Crippen LogP contribution in [0.4, 0.5) is 8.78 Å². The van der Waals surface area contributed by atoms with Gasteiger partial charge in [0.15, 0.2) is 11.5 Å². The Morgan fingerprint density at radius 2 is 1.94 bits per heavy atom. The van der Waals surface area contributed by atoms with Gasteiger partial charge in [0.2, 0.25) is 0 Å². The molecule has 1 aliphatic rings. The van der Waals surface area contributed by atoms with Crippen molar-refractivity contribution in [3.05, 3.63) is 30.0 Å². The highest BCUT2D eigenvalue weighted by atomic mass is 19.3. The predicted molar refractivity (Wildman–Crippen MR) is 54.9 cm³/mol. The molecule has 0 fully saturated rings. The van der Waals surface area contributed by atoms with E-state index >= 15 is 0 Å². The van der Waals surface area contributed by atoms with E-state index in [2.05, 4.69) is 14.5 Å². The van der Waals surface area contributed by atoms with Crippen molar-refractivity contribution in [1.82, 2.24) is 4.98 Å². The van der Waals surface area contributed by atoms with Gasteiger partial charge in [0.1, 0.15) is 0 Å². The average Bonchev–Trinajstić information content (AvgIpc) is 2.57. The van der Waals surface area contributed by atoms with Crippen LogP contribution in [0.5, 0.6) is 11.5 Å². The van der Waals surface area contributed by atoms with Crippen molar-refractivity contribution in [2.45, 2.75) is 6.29 Å². The Balaban J connectivity index is 2.26. The Morgan fingerprint density at radius 1 is 1.28 bits per heavy atom. The van der Waals surface area contributed by atoms with Gasteiger partial charge >= 0.3 is 12.3 Å². The molecule has 0 atom stereocenters. The first kappa shape index (κ1) is 10.7. The molecule has 0 spiro atoms. The molecule has 5 nitrogen and oxygen atoms in total. The van der Waals surface area contributed by atoms with Crippen LogP contribution in [0, 0.1) is 0 Å². The molecule has 0 amide bonds. The zero-order valence-electron chi connectivity index (χ0n) is 8.68. The van der Waals surface area contributed by atoms with Gasteiger partial charge in [-0.05, 0) is 12.1 Å². The van der Waals surface area contributed by atoms with E-state index in [0.717, 1.165) is 0 Å². The van der Waals surface area contributed by atoms with Crippen LogP contribution in [-0.4, -0.2) is 22.4 Å². The van der Waals surface area contributed by atoms with Gasteiger partial charge in [-0.15, -0.1) is 8.78 Å². The number of pyridine rings is 1. The highest BCUT2D eigenvalue weighted by Gasteiger charge is 2.43. The number of fused-ring (bicyclic) bond motifs is 2. The van der Waals surface area contributed by atoms with Crippen molar-refractivity contribution in [3.8, 4) is 11.5 Å². The first-order valence-corrected chi connectivity index (χ1v) is 4.88. The van der Waals surface area contributed by atoms with Crippen molar-refractivity contribution in [2.75, 3.05) is 0 Å². The predicted octanol–water partition coefficient (Wildman–Crippen LogP) is 2.25. The standard InChI is InChI=1S/C11H5F2NO4/c12-11(13)17-8-3-6-5(10(15)16)1-2-14-7(6)4-9(8)18-11/h1-4H,(H,15,16). The summed E-state index contributed by atoms with van der Waals surface area (Å²) in [5.41, 5.74) is 0.205. The molecular formula is C11H5F2NO4. The number of benzene rings is 1. The monoisotopic (exact) mass is 253 g/mol. The van der Waals surface area contributed by atoms with Crippen LogP contribution in [-0.2, 0) is 0 Å². The third-order valence-electron chi connectivity index (χ3n) is 2.50. The number of carboxylic acid groups (broad SMARTS) is 1.